The minimum absolute atomic E-state index is 0.0145. The summed E-state index contributed by atoms with van der Waals surface area (Å²) in [6, 6.07) is 1.80. The van der Waals surface area contributed by atoms with Gasteiger partial charge < -0.3 is 15.7 Å². The highest BCUT2D eigenvalue weighted by Crippen LogP contribution is 2.03. The highest BCUT2D eigenvalue weighted by atomic mass is 16.4. The van der Waals surface area contributed by atoms with Gasteiger partial charge in [0, 0.05) is 13.0 Å². The number of carbonyl (C=O) groups excluding carboxylic acids is 1. The van der Waals surface area contributed by atoms with E-state index in [0.717, 1.165) is 0 Å². The monoisotopic (exact) mass is 213 g/mol. The molecule has 0 aliphatic rings. The third-order valence-electron chi connectivity index (χ3n) is 1.83. The van der Waals surface area contributed by atoms with Gasteiger partial charge in [0.05, 0.1) is 6.07 Å². The van der Waals surface area contributed by atoms with Gasteiger partial charge >= 0.3 is 6.09 Å². The first-order chi connectivity index (χ1) is 7.06. The molecule has 0 saturated heterocycles. The Morgan fingerprint density at radius 3 is 2.67 bits per heavy atom. The van der Waals surface area contributed by atoms with Crippen LogP contribution >= 0.6 is 0 Å². The molecule has 0 rings (SSSR count). The Hall–Kier alpha value is -1.77. The number of hydrogen-bond donors (Lipinski definition) is 3. The van der Waals surface area contributed by atoms with Gasteiger partial charge in [-0.3, -0.25) is 4.79 Å². The van der Waals surface area contributed by atoms with Crippen LogP contribution in [0.1, 0.15) is 19.8 Å². The van der Waals surface area contributed by atoms with Crippen molar-refractivity contribution < 1.29 is 14.7 Å². The number of carboxylic acid groups (broad SMARTS) is 1. The van der Waals surface area contributed by atoms with E-state index in [2.05, 4.69) is 10.6 Å². The van der Waals surface area contributed by atoms with Gasteiger partial charge in [-0.2, -0.15) is 5.26 Å². The zero-order valence-corrected chi connectivity index (χ0v) is 8.62. The number of amides is 2. The van der Waals surface area contributed by atoms with Crippen molar-refractivity contribution in [3.63, 3.8) is 0 Å². The Balaban J connectivity index is 3.53. The van der Waals surface area contributed by atoms with Gasteiger partial charge in [0.15, 0.2) is 0 Å². The van der Waals surface area contributed by atoms with Crippen LogP contribution in [0.5, 0.6) is 0 Å². The van der Waals surface area contributed by atoms with Gasteiger partial charge in [-0.15, -0.1) is 0 Å². The molecule has 6 heteroatoms. The quantitative estimate of drug-likeness (QED) is 0.552. The maximum absolute atomic E-state index is 11.0. The Kier molecular flexibility index (Phi) is 6.72. The highest BCUT2D eigenvalue weighted by Gasteiger charge is 2.07. The maximum Gasteiger partial charge on any atom is 0.404 e. The summed E-state index contributed by atoms with van der Waals surface area (Å²) in [6.07, 6.45) is -0.155. The average molecular weight is 213 g/mol. The second-order valence-corrected chi connectivity index (χ2v) is 3.26. The van der Waals surface area contributed by atoms with E-state index in [1.54, 1.807) is 6.07 Å². The van der Waals surface area contributed by atoms with Gasteiger partial charge in [-0.05, 0) is 12.3 Å². The van der Waals surface area contributed by atoms with E-state index in [0.29, 0.717) is 19.4 Å². The zero-order valence-electron chi connectivity index (χ0n) is 8.62. The SMILES string of the molecule is CC(CCC(=O)NCC#N)CNC(=O)O. The fraction of sp³-hybridized carbons (Fsp3) is 0.667. The lowest BCUT2D eigenvalue weighted by Gasteiger charge is -2.10. The summed E-state index contributed by atoms with van der Waals surface area (Å²) in [5.41, 5.74) is 0. The summed E-state index contributed by atoms with van der Waals surface area (Å²) in [5.74, 6) is -0.0762. The Bertz CT molecular complexity index is 260. The average Bonchev–Trinajstić information content (AvgIpc) is 2.20. The molecule has 0 aliphatic carbocycles. The number of carbonyl (C=O) groups is 2. The van der Waals surface area contributed by atoms with Crippen LogP contribution in [0.25, 0.3) is 0 Å². The summed E-state index contributed by atoms with van der Waals surface area (Å²) in [6.45, 7) is 2.20. The smallest absolute Gasteiger partial charge is 0.404 e. The molecule has 0 aromatic heterocycles. The second kappa shape index (κ2) is 7.62. The number of hydrogen-bond acceptors (Lipinski definition) is 3. The van der Waals surface area contributed by atoms with E-state index in [9.17, 15) is 9.59 Å². The van der Waals surface area contributed by atoms with Crippen molar-refractivity contribution in [3.05, 3.63) is 0 Å². The van der Waals surface area contributed by atoms with Crippen LogP contribution in [0.3, 0.4) is 0 Å². The number of nitrogens with zero attached hydrogens (tertiary/aromatic N) is 1. The van der Waals surface area contributed by atoms with E-state index in [-0.39, 0.29) is 18.4 Å². The fourth-order valence-electron chi connectivity index (χ4n) is 0.968. The Morgan fingerprint density at radius 1 is 1.47 bits per heavy atom. The van der Waals surface area contributed by atoms with Crippen molar-refractivity contribution in [1.82, 2.24) is 10.6 Å². The van der Waals surface area contributed by atoms with Crippen molar-refractivity contribution >= 4 is 12.0 Å². The maximum atomic E-state index is 11.0. The molecule has 2 amide bonds. The van der Waals surface area contributed by atoms with E-state index >= 15 is 0 Å². The Morgan fingerprint density at radius 2 is 2.13 bits per heavy atom. The van der Waals surface area contributed by atoms with Crippen LogP contribution in [0, 0.1) is 17.2 Å². The molecule has 0 bridgehead atoms. The molecule has 0 aromatic carbocycles. The van der Waals surface area contributed by atoms with Crippen molar-refractivity contribution in [1.29, 1.82) is 5.26 Å². The fourth-order valence-corrected chi connectivity index (χ4v) is 0.968. The van der Waals surface area contributed by atoms with Gasteiger partial charge in [0.25, 0.3) is 0 Å². The molecule has 1 atom stereocenters. The number of rotatable bonds is 6. The van der Waals surface area contributed by atoms with Crippen molar-refractivity contribution in [3.8, 4) is 6.07 Å². The predicted molar refractivity (Wildman–Crippen MR) is 53.0 cm³/mol. The van der Waals surface area contributed by atoms with Gasteiger partial charge in [-0.25, -0.2) is 4.79 Å². The van der Waals surface area contributed by atoms with Gasteiger partial charge in [0.2, 0.25) is 5.91 Å². The molecule has 1 unspecified atom stereocenters. The van der Waals surface area contributed by atoms with Gasteiger partial charge in [0.1, 0.15) is 6.54 Å². The van der Waals surface area contributed by atoms with Crippen molar-refractivity contribution in [2.75, 3.05) is 13.1 Å². The molecule has 0 saturated carbocycles. The molecular formula is C9H15N3O3. The number of nitrogens with one attached hydrogen (secondary N) is 2. The summed E-state index contributed by atoms with van der Waals surface area (Å²) in [4.78, 5) is 21.2. The van der Waals surface area contributed by atoms with Crippen LogP contribution in [-0.4, -0.2) is 30.2 Å². The van der Waals surface area contributed by atoms with Crippen LogP contribution in [0.15, 0.2) is 0 Å². The van der Waals surface area contributed by atoms with E-state index in [1.807, 2.05) is 6.92 Å². The summed E-state index contributed by atoms with van der Waals surface area (Å²) < 4.78 is 0. The lowest BCUT2D eigenvalue weighted by atomic mass is 10.1. The van der Waals surface area contributed by atoms with Crippen molar-refractivity contribution in [2.45, 2.75) is 19.8 Å². The van der Waals surface area contributed by atoms with E-state index < -0.39 is 6.09 Å². The molecule has 84 valence electrons. The third kappa shape index (κ3) is 8.56. The second-order valence-electron chi connectivity index (χ2n) is 3.26. The van der Waals surface area contributed by atoms with Crippen LogP contribution in [0.2, 0.25) is 0 Å². The molecular weight excluding hydrogens is 198 g/mol. The summed E-state index contributed by atoms with van der Waals surface area (Å²) in [7, 11) is 0. The van der Waals surface area contributed by atoms with E-state index in [4.69, 9.17) is 10.4 Å². The summed E-state index contributed by atoms with van der Waals surface area (Å²) in [5, 5.41) is 21.2. The number of nitriles is 1. The molecule has 0 aliphatic heterocycles. The molecule has 6 nitrogen and oxygen atoms in total. The standard InChI is InChI=1S/C9H15N3O3/c1-7(6-12-9(14)15)2-3-8(13)11-5-4-10/h7,12H,2-3,5-6H2,1H3,(H,11,13)(H,14,15). The molecule has 0 fully saturated rings. The van der Waals surface area contributed by atoms with Crippen LogP contribution in [-0.2, 0) is 4.79 Å². The summed E-state index contributed by atoms with van der Waals surface area (Å²) >= 11 is 0. The first-order valence-electron chi connectivity index (χ1n) is 4.66. The third-order valence-corrected chi connectivity index (χ3v) is 1.83. The first kappa shape index (κ1) is 13.2. The van der Waals surface area contributed by atoms with Crippen LogP contribution < -0.4 is 10.6 Å². The van der Waals surface area contributed by atoms with Gasteiger partial charge in [-0.1, -0.05) is 6.92 Å². The molecule has 0 radical (unpaired) electrons. The minimum Gasteiger partial charge on any atom is -0.465 e. The van der Waals surface area contributed by atoms with Crippen molar-refractivity contribution in [2.24, 2.45) is 5.92 Å². The molecule has 0 heterocycles. The zero-order chi connectivity index (χ0) is 11.7. The topological polar surface area (TPSA) is 102 Å². The molecule has 0 spiro atoms. The molecule has 15 heavy (non-hydrogen) atoms. The Labute approximate surface area is 88.3 Å². The molecule has 3 N–H and O–H groups in total. The normalized spacial score (nSPS) is 11.2. The largest absolute Gasteiger partial charge is 0.465 e. The predicted octanol–water partition coefficient (Wildman–Crippen LogP) is 0.310. The van der Waals surface area contributed by atoms with E-state index in [1.165, 1.54) is 0 Å². The molecule has 0 aromatic rings. The first-order valence-corrected chi connectivity index (χ1v) is 4.66. The lowest BCUT2D eigenvalue weighted by molar-refractivity contribution is -0.121. The lowest BCUT2D eigenvalue weighted by Crippen LogP contribution is -2.28. The van der Waals surface area contributed by atoms with Crippen LogP contribution in [0.4, 0.5) is 4.79 Å². The highest BCUT2D eigenvalue weighted by molar-refractivity contribution is 5.76. The minimum atomic E-state index is -1.06.